The van der Waals surface area contributed by atoms with Gasteiger partial charge in [0.25, 0.3) is 0 Å². The van der Waals surface area contributed by atoms with Gasteiger partial charge in [0, 0.05) is 21.2 Å². The number of carbonyl (C=O) groups is 2. The van der Waals surface area contributed by atoms with Crippen molar-refractivity contribution in [3.05, 3.63) is 20.8 Å². The average Bonchev–Trinajstić information content (AvgIpc) is 2.84. The van der Waals surface area contributed by atoms with Gasteiger partial charge in [0.15, 0.2) is 5.41 Å². The third-order valence-electron chi connectivity index (χ3n) is 3.11. The van der Waals surface area contributed by atoms with Crippen LogP contribution in [0.4, 0.5) is 0 Å². The third-order valence-corrected chi connectivity index (χ3v) is 4.80. The summed E-state index contributed by atoms with van der Waals surface area (Å²) in [4.78, 5) is 25.9. The Morgan fingerprint density at radius 1 is 1.19 bits per heavy atom. The van der Waals surface area contributed by atoms with E-state index in [9.17, 15) is 9.59 Å². The van der Waals surface area contributed by atoms with Gasteiger partial charge in [-0.1, -0.05) is 13.3 Å². The van der Waals surface area contributed by atoms with E-state index < -0.39 is 17.4 Å². The molecule has 6 heteroatoms. The summed E-state index contributed by atoms with van der Waals surface area (Å²) >= 11 is 4.90. The van der Waals surface area contributed by atoms with E-state index in [0.29, 0.717) is 19.3 Å². The summed E-state index contributed by atoms with van der Waals surface area (Å²) in [7, 11) is 0. The molecular weight excluding hydrogens is 356 g/mol. The molecular formula is C15H21BrO4S. The monoisotopic (exact) mass is 376 g/mol. The fraction of sp³-hybridized carbons (Fsp3) is 0.600. The smallest absolute Gasteiger partial charge is 0.323 e. The molecule has 1 heterocycles. The van der Waals surface area contributed by atoms with Crippen LogP contribution in [0.1, 0.15) is 38.5 Å². The van der Waals surface area contributed by atoms with Gasteiger partial charge in [-0.2, -0.15) is 0 Å². The zero-order valence-electron chi connectivity index (χ0n) is 12.6. The van der Waals surface area contributed by atoms with Crippen molar-refractivity contribution in [3.63, 3.8) is 0 Å². The van der Waals surface area contributed by atoms with E-state index in [4.69, 9.17) is 9.47 Å². The molecule has 0 aliphatic carbocycles. The maximum atomic E-state index is 12.5. The molecule has 0 bridgehead atoms. The van der Waals surface area contributed by atoms with E-state index >= 15 is 0 Å². The molecule has 1 aromatic heterocycles. The van der Waals surface area contributed by atoms with Crippen molar-refractivity contribution in [1.82, 2.24) is 0 Å². The highest BCUT2D eigenvalue weighted by molar-refractivity contribution is 9.10. The molecule has 0 radical (unpaired) electrons. The lowest BCUT2D eigenvalue weighted by atomic mass is 9.79. The second-order valence-electron chi connectivity index (χ2n) is 4.68. The molecule has 0 spiro atoms. The molecule has 21 heavy (non-hydrogen) atoms. The van der Waals surface area contributed by atoms with Crippen LogP contribution < -0.4 is 0 Å². The van der Waals surface area contributed by atoms with Crippen LogP contribution in [0, 0.1) is 5.41 Å². The van der Waals surface area contributed by atoms with Crippen LogP contribution in [0.2, 0.25) is 0 Å². The van der Waals surface area contributed by atoms with Crippen molar-refractivity contribution in [2.75, 3.05) is 13.2 Å². The minimum Gasteiger partial charge on any atom is -0.465 e. The predicted molar refractivity (Wildman–Crippen MR) is 86.3 cm³/mol. The van der Waals surface area contributed by atoms with Crippen molar-refractivity contribution >= 4 is 39.2 Å². The van der Waals surface area contributed by atoms with Gasteiger partial charge in [-0.05, 0) is 42.3 Å². The maximum absolute atomic E-state index is 12.5. The Morgan fingerprint density at radius 2 is 1.76 bits per heavy atom. The number of carbonyl (C=O) groups excluding carboxylic acids is 2. The first-order chi connectivity index (χ1) is 10.00. The van der Waals surface area contributed by atoms with Crippen LogP contribution in [0.25, 0.3) is 0 Å². The standard InChI is InChI=1S/C15H21BrO4S/c1-4-7-15(13(17)19-5-2,14(18)20-6-3)9-12-8-11(16)10-21-12/h8,10H,4-7,9H2,1-3H3. The van der Waals surface area contributed by atoms with Crippen LogP contribution in [0.5, 0.6) is 0 Å². The molecule has 0 saturated carbocycles. The molecule has 118 valence electrons. The lowest BCUT2D eigenvalue weighted by Crippen LogP contribution is -2.43. The van der Waals surface area contributed by atoms with Gasteiger partial charge in [-0.15, -0.1) is 11.3 Å². The molecule has 0 aliphatic heterocycles. The largest absolute Gasteiger partial charge is 0.465 e. The van der Waals surface area contributed by atoms with Crippen LogP contribution in [-0.4, -0.2) is 25.2 Å². The first-order valence-electron chi connectivity index (χ1n) is 7.07. The summed E-state index contributed by atoms with van der Waals surface area (Å²) in [6.07, 6.45) is 1.43. The lowest BCUT2D eigenvalue weighted by Gasteiger charge is -2.28. The van der Waals surface area contributed by atoms with Gasteiger partial charge < -0.3 is 9.47 Å². The molecule has 0 aliphatic rings. The molecule has 0 unspecified atom stereocenters. The SMILES string of the molecule is CCCC(Cc1cc(Br)cs1)(C(=O)OCC)C(=O)OCC. The summed E-state index contributed by atoms with van der Waals surface area (Å²) in [5.74, 6) is -0.982. The van der Waals surface area contributed by atoms with Crippen LogP contribution in [0.15, 0.2) is 15.9 Å². The zero-order valence-corrected chi connectivity index (χ0v) is 15.0. The van der Waals surface area contributed by atoms with Gasteiger partial charge >= 0.3 is 11.9 Å². The van der Waals surface area contributed by atoms with E-state index in [1.54, 1.807) is 13.8 Å². The molecule has 0 N–H and O–H groups in total. The number of rotatable bonds is 8. The highest BCUT2D eigenvalue weighted by Gasteiger charge is 2.48. The fourth-order valence-corrected chi connectivity index (χ4v) is 3.79. The number of ether oxygens (including phenoxy) is 2. The normalized spacial score (nSPS) is 11.2. The Hall–Kier alpha value is -0.880. The fourth-order valence-electron chi connectivity index (χ4n) is 2.23. The second-order valence-corrected chi connectivity index (χ2v) is 6.59. The van der Waals surface area contributed by atoms with E-state index in [1.807, 2.05) is 18.4 Å². The summed E-state index contributed by atoms with van der Waals surface area (Å²) in [5.41, 5.74) is -1.24. The first kappa shape index (κ1) is 18.2. The van der Waals surface area contributed by atoms with E-state index in [1.165, 1.54) is 11.3 Å². The van der Waals surface area contributed by atoms with Crippen LogP contribution in [-0.2, 0) is 25.5 Å². The Morgan fingerprint density at radius 3 is 2.14 bits per heavy atom. The molecule has 1 aromatic rings. The molecule has 0 amide bonds. The Kier molecular flexibility index (Phi) is 7.39. The number of halogens is 1. The zero-order chi connectivity index (χ0) is 15.9. The summed E-state index contributed by atoms with van der Waals surface area (Å²) in [5, 5.41) is 1.93. The van der Waals surface area contributed by atoms with Crippen molar-refractivity contribution in [2.45, 2.75) is 40.0 Å². The van der Waals surface area contributed by atoms with E-state index in [0.717, 1.165) is 9.35 Å². The van der Waals surface area contributed by atoms with Crippen molar-refractivity contribution in [2.24, 2.45) is 5.41 Å². The summed E-state index contributed by atoms with van der Waals surface area (Å²) in [6, 6.07) is 1.92. The predicted octanol–water partition coefficient (Wildman–Crippen LogP) is 3.97. The number of esters is 2. The van der Waals surface area contributed by atoms with E-state index in [-0.39, 0.29) is 13.2 Å². The topological polar surface area (TPSA) is 52.6 Å². The van der Waals surface area contributed by atoms with Gasteiger partial charge in [0.1, 0.15) is 0 Å². The Bertz CT molecular complexity index is 466. The van der Waals surface area contributed by atoms with Crippen molar-refractivity contribution < 1.29 is 19.1 Å². The van der Waals surface area contributed by atoms with E-state index in [2.05, 4.69) is 15.9 Å². The highest BCUT2D eigenvalue weighted by atomic mass is 79.9. The Labute approximate surface area is 138 Å². The second kappa shape index (κ2) is 8.54. The summed E-state index contributed by atoms with van der Waals surface area (Å²) < 4.78 is 11.3. The minimum atomic E-state index is -1.24. The highest BCUT2D eigenvalue weighted by Crippen LogP contribution is 2.35. The maximum Gasteiger partial charge on any atom is 0.323 e. The number of thiophene rings is 1. The molecule has 0 fully saturated rings. The average molecular weight is 377 g/mol. The molecule has 4 nitrogen and oxygen atoms in total. The number of hydrogen-bond donors (Lipinski definition) is 0. The van der Waals surface area contributed by atoms with Crippen molar-refractivity contribution in [1.29, 1.82) is 0 Å². The van der Waals surface area contributed by atoms with Crippen LogP contribution >= 0.6 is 27.3 Å². The van der Waals surface area contributed by atoms with Crippen molar-refractivity contribution in [3.8, 4) is 0 Å². The number of hydrogen-bond acceptors (Lipinski definition) is 5. The Balaban J connectivity index is 3.15. The summed E-state index contributed by atoms with van der Waals surface area (Å²) in [6.45, 7) is 5.91. The molecule has 1 rings (SSSR count). The van der Waals surface area contributed by atoms with Crippen LogP contribution in [0.3, 0.4) is 0 Å². The van der Waals surface area contributed by atoms with Gasteiger partial charge in [-0.25, -0.2) is 0 Å². The van der Waals surface area contributed by atoms with Gasteiger partial charge in [0.05, 0.1) is 13.2 Å². The quantitative estimate of drug-likeness (QED) is 0.508. The van der Waals surface area contributed by atoms with Gasteiger partial charge in [0.2, 0.25) is 0 Å². The third kappa shape index (κ3) is 4.54. The molecule has 0 atom stereocenters. The van der Waals surface area contributed by atoms with Gasteiger partial charge in [-0.3, -0.25) is 9.59 Å². The molecule has 0 saturated heterocycles. The molecule has 0 aromatic carbocycles. The first-order valence-corrected chi connectivity index (χ1v) is 8.74. The minimum absolute atomic E-state index is 0.248. The lowest BCUT2D eigenvalue weighted by molar-refractivity contribution is -0.172.